The molecule has 6 heteroatoms. The van der Waals surface area contributed by atoms with Crippen LogP contribution in [-0.2, 0) is 11.3 Å². The number of fused-ring (bicyclic) bond motifs is 1. The van der Waals surface area contributed by atoms with Gasteiger partial charge in [-0.15, -0.1) is 0 Å². The number of amides is 1. The summed E-state index contributed by atoms with van der Waals surface area (Å²) in [6.07, 6.45) is 1.85. The number of benzene rings is 1. The third-order valence-corrected chi connectivity index (χ3v) is 4.92. The van der Waals surface area contributed by atoms with Crippen molar-refractivity contribution in [3.05, 3.63) is 52.9 Å². The molecule has 2 heterocycles. The van der Waals surface area contributed by atoms with E-state index in [4.69, 9.17) is 4.52 Å². The van der Waals surface area contributed by atoms with Crippen molar-refractivity contribution < 1.29 is 19.2 Å². The van der Waals surface area contributed by atoms with Gasteiger partial charge in [0.05, 0.1) is 11.6 Å². The topological polar surface area (TPSA) is 83.6 Å². The zero-order valence-electron chi connectivity index (χ0n) is 14.4. The fourth-order valence-corrected chi connectivity index (χ4v) is 3.42. The van der Waals surface area contributed by atoms with Crippen molar-refractivity contribution in [2.24, 2.45) is 0 Å². The Kier molecular flexibility index (Phi) is 4.88. The van der Waals surface area contributed by atoms with E-state index < -0.39 is 11.9 Å². The summed E-state index contributed by atoms with van der Waals surface area (Å²) in [7, 11) is 0. The molecule has 1 amide bonds. The van der Waals surface area contributed by atoms with Crippen LogP contribution >= 0.6 is 0 Å². The van der Waals surface area contributed by atoms with E-state index >= 15 is 0 Å². The molecular weight excluding hydrogens is 320 g/mol. The van der Waals surface area contributed by atoms with Crippen molar-refractivity contribution in [2.75, 3.05) is 6.54 Å². The molecule has 1 aliphatic rings. The fraction of sp³-hybridized carbons (Fsp3) is 0.421. The summed E-state index contributed by atoms with van der Waals surface area (Å²) in [6.45, 7) is 4.65. The minimum absolute atomic E-state index is 0.131. The van der Waals surface area contributed by atoms with E-state index in [1.807, 2.05) is 24.3 Å². The highest BCUT2D eigenvalue weighted by molar-refractivity contribution is 5.92. The van der Waals surface area contributed by atoms with Crippen molar-refractivity contribution in [1.82, 2.24) is 10.1 Å². The second kappa shape index (κ2) is 7.09. The lowest BCUT2D eigenvalue weighted by molar-refractivity contribution is -0.139. The first-order valence-corrected chi connectivity index (χ1v) is 8.61. The summed E-state index contributed by atoms with van der Waals surface area (Å²) >= 11 is 0. The van der Waals surface area contributed by atoms with Gasteiger partial charge in [-0.1, -0.05) is 43.3 Å². The standard InChI is InChI=1S/C19H22N2O4/c1-3-12(4-2)16-9-17(25-20-16)18(22)21-10-13-7-5-6-8-14(13)15(11-21)19(23)24/h5-9,12,15H,3-4,10-11H2,1-2H3,(H,23,24). The van der Waals surface area contributed by atoms with E-state index in [-0.39, 0.29) is 24.1 Å². The van der Waals surface area contributed by atoms with Crippen molar-refractivity contribution in [3.8, 4) is 0 Å². The predicted molar refractivity (Wildman–Crippen MR) is 91.4 cm³/mol. The predicted octanol–water partition coefficient (Wildman–Crippen LogP) is 3.40. The number of carbonyl (C=O) groups excluding carboxylic acids is 1. The van der Waals surface area contributed by atoms with E-state index in [2.05, 4.69) is 19.0 Å². The molecule has 1 aliphatic heterocycles. The van der Waals surface area contributed by atoms with Gasteiger partial charge < -0.3 is 14.5 Å². The van der Waals surface area contributed by atoms with Crippen LogP contribution in [0.15, 0.2) is 34.9 Å². The van der Waals surface area contributed by atoms with E-state index in [0.717, 1.165) is 29.7 Å². The molecule has 1 unspecified atom stereocenters. The van der Waals surface area contributed by atoms with Crippen molar-refractivity contribution >= 4 is 11.9 Å². The van der Waals surface area contributed by atoms with Crippen LogP contribution in [0, 0.1) is 0 Å². The number of hydrogen-bond acceptors (Lipinski definition) is 4. The van der Waals surface area contributed by atoms with E-state index in [1.165, 1.54) is 4.90 Å². The lowest BCUT2D eigenvalue weighted by Crippen LogP contribution is -2.40. The summed E-state index contributed by atoms with van der Waals surface area (Å²) in [5.41, 5.74) is 2.41. The molecule has 1 aromatic carbocycles. The third kappa shape index (κ3) is 3.29. The molecule has 0 bridgehead atoms. The van der Waals surface area contributed by atoms with Crippen LogP contribution in [0.5, 0.6) is 0 Å². The van der Waals surface area contributed by atoms with Gasteiger partial charge in [0.1, 0.15) is 0 Å². The van der Waals surface area contributed by atoms with Gasteiger partial charge >= 0.3 is 5.97 Å². The molecule has 1 aromatic heterocycles. The van der Waals surface area contributed by atoms with Crippen LogP contribution in [0.3, 0.4) is 0 Å². The second-order valence-corrected chi connectivity index (χ2v) is 6.40. The third-order valence-electron chi connectivity index (χ3n) is 4.92. The number of carbonyl (C=O) groups is 2. The minimum atomic E-state index is -0.930. The second-order valence-electron chi connectivity index (χ2n) is 6.40. The van der Waals surface area contributed by atoms with Gasteiger partial charge in [-0.05, 0) is 24.0 Å². The number of carboxylic acid groups (broad SMARTS) is 1. The molecule has 0 aliphatic carbocycles. The Hall–Kier alpha value is -2.63. The Bertz CT molecular complexity index is 779. The van der Waals surface area contributed by atoms with E-state index in [0.29, 0.717) is 6.54 Å². The monoisotopic (exact) mass is 342 g/mol. The molecule has 0 fully saturated rings. The fourth-order valence-electron chi connectivity index (χ4n) is 3.42. The highest BCUT2D eigenvalue weighted by atomic mass is 16.5. The Morgan fingerprint density at radius 1 is 1.32 bits per heavy atom. The van der Waals surface area contributed by atoms with Crippen LogP contribution in [0.2, 0.25) is 0 Å². The van der Waals surface area contributed by atoms with Crippen molar-refractivity contribution in [1.29, 1.82) is 0 Å². The van der Waals surface area contributed by atoms with Gasteiger partial charge in [-0.3, -0.25) is 9.59 Å². The van der Waals surface area contributed by atoms with Gasteiger partial charge in [0.2, 0.25) is 5.76 Å². The zero-order chi connectivity index (χ0) is 18.0. The number of hydrogen-bond donors (Lipinski definition) is 1. The van der Waals surface area contributed by atoms with Crippen molar-refractivity contribution in [2.45, 2.75) is 45.1 Å². The lowest BCUT2D eigenvalue weighted by Gasteiger charge is -2.32. The average molecular weight is 342 g/mol. The molecule has 1 atom stereocenters. The maximum absolute atomic E-state index is 12.8. The van der Waals surface area contributed by atoms with Crippen LogP contribution < -0.4 is 0 Å². The molecule has 0 spiro atoms. The maximum Gasteiger partial charge on any atom is 0.312 e. The Morgan fingerprint density at radius 3 is 2.72 bits per heavy atom. The van der Waals surface area contributed by atoms with E-state index in [1.54, 1.807) is 6.07 Å². The number of aliphatic carboxylic acids is 1. The number of carboxylic acids is 1. The van der Waals surface area contributed by atoms with Crippen LogP contribution in [0.25, 0.3) is 0 Å². The summed E-state index contributed by atoms with van der Waals surface area (Å²) in [5, 5.41) is 13.6. The van der Waals surface area contributed by atoms with Gasteiger partial charge in [0, 0.05) is 25.1 Å². The average Bonchev–Trinajstić information content (AvgIpc) is 3.11. The van der Waals surface area contributed by atoms with E-state index in [9.17, 15) is 14.7 Å². The SMILES string of the molecule is CCC(CC)c1cc(C(=O)N2Cc3ccccc3C(C(=O)O)C2)on1. The number of aromatic nitrogens is 1. The number of rotatable bonds is 5. The largest absolute Gasteiger partial charge is 0.481 e. The first kappa shape index (κ1) is 17.2. The smallest absolute Gasteiger partial charge is 0.312 e. The molecule has 132 valence electrons. The van der Waals surface area contributed by atoms with Gasteiger partial charge in [-0.2, -0.15) is 0 Å². The van der Waals surface area contributed by atoms with Crippen LogP contribution in [0.1, 0.15) is 65.9 Å². The molecule has 2 aromatic rings. The summed E-state index contributed by atoms with van der Waals surface area (Å²) in [4.78, 5) is 25.9. The highest BCUT2D eigenvalue weighted by Crippen LogP contribution is 2.30. The zero-order valence-corrected chi connectivity index (χ0v) is 14.4. The molecule has 0 saturated carbocycles. The van der Waals surface area contributed by atoms with Gasteiger partial charge in [0.25, 0.3) is 5.91 Å². The maximum atomic E-state index is 12.8. The molecule has 1 N–H and O–H groups in total. The first-order chi connectivity index (χ1) is 12.0. The number of nitrogens with zero attached hydrogens (tertiary/aromatic N) is 2. The molecule has 6 nitrogen and oxygen atoms in total. The van der Waals surface area contributed by atoms with Crippen molar-refractivity contribution in [3.63, 3.8) is 0 Å². The lowest BCUT2D eigenvalue weighted by atomic mass is 9.89. The summed E-state index contributed by atoms with van der Waals surface area (Å²) in [5.74, 6) is -1.54. The van der Waals surface area contributed by atoms with Crippen LogP contribution in [-0.4, -0.2) is 33.6 Å². The Labute approximate surface area is 146 Å². The summed E-state index contributed by atoms with van der Waals surface area (Å²) in [6, 6.07) is 9.04. The molecule has 0 radical (unpaired) electrons. The highest BCUT2D eigenvalue weighted by Gasteiger charge is 2.34. The Morgan fingerprint density at radius 2 is 2.04 bits per heavy atom. The molecule has 25 heavy (non-hydrogen) atoms. The van der Waals surface area contributed by atoms with Gasteiger partial charge in [0.15, 0.2) is 0 Å². The molecular formula is C19H22N2O4. The quantitative estimate of drug-likeness (QED) is 0.900. The van der Waals surface area contributed by atoms with Crippen LogP contribution in [0.4, 0.5) is 0 Å². The first-order valence-electron chi connectivity index (χ1n) is 8.61. The minimum Gasteiger partial charge on any atom is -0.481 e. The summed E-state index contributed by atoms with van der Waals surface area (Å²) < 4.78 is 5.26. The normalized spacial score (nSPS) is 16.8. The van der Waals surface area contributed by atoms with Gasteiger partial charge in [-0.25, -0.2) is 0 Å². The molecule has 3 rings (SSSR count). The molecule has 0 saturated heterocycles. The Balaban J connectivity index is 1.85.